The van der Waals surface area contributed by atoms with Gasteiger partial charge in [-0.15, -0.1) is 0 Å². The van der Waals surface area contributed by atoms with E-state index < -0.39 is 5.43 Å². The van der Waals surface area contributed by atoms with E-state index >= 15 is 0 Å². The summed E-state index contributed by atoms with van der Waals surface area (Å²) in [5.41, 5.74) is -0.0659. The van der Waals surface area contributed by atoms with Crippen molar-refractivity contribution in [2.45, 2.75) is 19.4 Å². The maximum atomic E-state index is 10.9. The van der Waals surface area contributed by atoms with Crippen LogP contribution < -0.4 is 4.74 Å². The fourth-order valence-electron chi connectivity index (χ4n) is 1.37. The first-order chi connectivity index (χ1) is 9.11. The Labute approximate surface area is 116 Å². The van der Waals surface area contributed by atoms with E-state index in [1.54, 1.807) is 24.3 Å². The first-order valence-electron chi connectivity index (χ1n) is 5.72. The summed E-state index contributed by atoms with van der Waals surface area (Å²) in [6, 6.07) is 7.11. The molecule has 0 atom stereocenters. The highest BCUT2D eigenvalue weighted by Gasteiger charge is 2.02. The summed E-state index contributed by atoms with van der Waals surface area (Å²) < 4.78 is 14.7. The monoisotopic (exact) mass is 286 g/mol. The number of hydrogen-bond acceptors (Lipinski definition) is 5. The second kappa shape index (κ2) is 8.37. The Balaban J connectivity index is 2.35. The Kier molecular flexibility index (Phi) is 6.74. The van der Waals surface area contributed by atoms with Crippen LogP contribution in [0.3, 0.4) is 0 Å². The zero-order chi connectivity index (χ0) is 14.1. The number of halogens is 1. The quantitative estimate of drug-likeness (QED) is 0.438. The van der Waals surface area contributed by atoms with E-state index in [1.807, 2.05) is 0 Å². The van der Waals surface area contributed by atoms with Crippen LogP contribution in [0.5, 0.6) is 5.75 Å². The maximum Gasteiger partial charge on any atom is 0.404 e. The molecule has 0 bridgehead atoms. The van der Waals surface area contributed by atoms with Crippen LogP contribution in [0.15, 0.2) is 24.3 Å². The molecule has 6 heteroatoms. The fourth-order valence-corrected chi connectivity index (χ4v) is 1.43. The van der Waals surface area contributed by atoms with E-state index in [1.165, 1.54) is 7.11 Å². The minimum absolute atomic E-state index is 0.0989. The van der Waals surface area contributed by atoms with Crippen LogP contribution in [-0.2, 0) is 20.9 Å². The summed E-state index contributed by atoms with van der Waals surface area (Å²) in [5.74, 6) is 0.388. The lowest BCUT2D eigenvalue weighted by Gasteiger charge is -2.07. The van der Waals surface area contributed by atoms with Crippen molar-refractivity contribution in [2.75, 3.05) is 13.7 Å². The number of esters is 1. The molecule has 0 spiro atoms. The molecule has 0 aliphatic heterocycles. The molecule has 0 aliphatic carbocycles. The van der Waals surface area contributed by atoms with Crippen LogP contribution in [0.2, 0.25) is 0 Å². The molecule has 0 saturated heterocycles. The van der Waals surface area contributed by atoms with Gasteiger partial charge in [0.2, 0.25) is 0 Å². The highest BCUT2D eigenvalue weighted by molar-refractivity contribution is 6.61. The third-order valence-corrected chi connectivity index (χ3v) is 2.38. The predicted molar refractivity (Wildman–Crippen MR) is 69.2 cm³/mol. The van der Waals surface area contributed by atoms with Gasteiger partial charge in [-0.3, -0.25) is 4.79 Å². The third-order valence-electron chi connectivity index (χ3n) is 2.27. The Morgan fingerprint density at radius 1 is 1.32 bits per heavy atom. The van der Waals surface area contributed by atoms with Crippen molar-refractivity contribution >= 4 is 23.0 Å². The first kappa shape index (κ1) is 15.3. The summed E-state index contributed by atoms with van der Waals surface area (Å²) in [6.45, 7) is 0.509. The Morgan fingerprint density at radius 2 is 2.11 bits per heavy atom. The zero-order valence-electron chi connectivity index (χ0n) is 10.6. The molecule has 0 fully saturated rings. The average molecular weight is 287 g/mol. The molecule has 0 amide bonds. The number of methoxy groups -OCH3 is 1. The molecule has 1 aromatic rings. The Bertz CT molecular complexity index is 433. The van der Waals surface area contributed by atoms with Gasteiger partial charge in [0.1, 0.15) is 12.4 Å². The minimum atomic E-state index is -0.843. The fraction of sp³-hybridized carbons (Fsp3) is 0.385. The van der Waals surface area contributed by atoms with Crippen LogP contribution in [0.4, 0.5) is 4.79 Å². The SMILES string of the molecule is COC(=O)CCCOc1cccc(COC(=O)Cl)c1. The van der Waals surface area contributed by atoms with Crippen molar-refractivity contribution < 1.29 is 23.8 Å². The summed E-state index contributed by atoms with van der Waals surface area (Å²) >= 11 is 5.08. The number of ether oxygens (including phenoxy) is 3. The van der Waals surface area contributed by atoms with E-state index in [-0.39, 0.29) is 12.6 Å². The van der Waals surface area contributed by atoms with Crippen molar-refractivity contribution in [3.8, 4) is 5.75 Å². The van der Waals surface area contributed by atoms with Gasteiger partial charge >= 0.3 is 11.4 Å². The van der Waals surface area contributed by atoms with Gasteiger partial charge in [0, 0.05) is 18.0 Å². The van der Waals surface area contributed by atoms with Crippen molar-refractivity contribution in [2.24, 2.45) is 0 Å². The van der Waals surface area contributed by atoms with E-state index in [4.69, 9.17) is 16.3 Å². The lowest BCUT2D eigenvalue weighted by molar-refractivity contribution is -0.140. The van der Waals surface area contributed by atoms with Gasteiger partial charge in [0.15, 0.2) is 0 Å². The molecule has 0 aromatic heterocycles. The lowest BCUT2D eigenvalue weighted by atomic mass is 10.2. The molecule has 0 unspecified atom stereocenters. The Morgan fingerprint density at radius 3 is 2.79 bits per heavy atom. The molecular formula is C13H15ClO5. The molecular weight excluding hydrogens is 272 g/mol. The molecule has 0 radical (unpaired) electrons. The van der Waals surface area contributed by atoms with Gasteiger partial charge in [0.25, 0.3) is 0 Å². The maximum absolute atomic E-state index is 10.9. The van der Waals surface area contributed by atoms with Crippen molar-refractivity contribution in [3.05, 3.63) is 29.8 Å². The van der Waals surface area contributed by atoms with Gasteiger partial charge in [-0.25, -0.2) is 4.79 Å². The van der Waals surface area contributed by atoms with Crippen LogP contribution in [-0.4, -0.2) is 25.1 Å². The van der Waals surface area contributed by atoms with Crippen molar-refractivity contribution in [1.29, 1.82) is 0 Å². The van der Waals surface area contributed by atoms with Crippen LogP contribution in [0, 0.1) is 0 Å². The van der Waals surface area contributed by atoms with Crippen molar-refractivity contribution in [1.82, 2.24) is 0 Å². The molecule has 104 valence electrons. The summed E-state index contributed by atoms with van der Waals surface area (Å²) in [6.07, 6.45) is 0.896. The van der Waals surface area contributed by atoms with Crippen LogP contribution >= 0.6 is 11.6 Å². The van der Waals surface area contributed by atoms with E-state index in [2.05, 4.69) is 9.47 Å². The number of carbonyl (C=O) groups is 2. The predicted octanol–water partition coefficient (Wildman–Crippen LogP) is 2.89. The summed E-state index contributed by atoms with van der Waals surface area (Å²) in [5, 5.41) is 0. The molecule has 1 aromatic carbocycles. The highest BCUT2D eigenvalue weighted by atomic mass is 35.5. The molecule has 5 nitrogen and oxygen atoms in total. The van der Waals surface area contributed by atoms with Gasteiger partial charge in [-0.05, 0) is 24.1 Å². The second-order valence-electron chi connectivity index (χ2n) is 3.70. The highest BCUT2D eigenvalue weighted by Crippen LogP contribution is 2.15. The van der Waals surface area contributed by atoms with E-state index in [0.29, 0.717) is 25.2 Å². The number of rotatable bonds is 7. The van der Waals surface area contributed by atoms with Gasteiger partial charge in [-0.2, -0.15) is 0 Å². The smallest absolute Gasteiger partial charge is 0.404 e. The molecule has 0 N–H and O–H groups in total. The third kappa shape index (κ3) is 6.67. The van der Waals surface area contributed by atoms with E-state index in [9.17, 15) is 9.59 Å². The topological polar surface area (TPSA) is 61.8 Å². The summed E-state index contributed by atoms with van der Waals surface area (Å²) in [4.78, 5) is 21.4. The second-order valence-corrected chi connectivity index (χ2v) is 4.01. The van der Waals surface area contributed by atoms with Gasteiger partial charge < -0.3 is 14.2 Å². The zero-order valence-corrected chi connectivity index (χ0v) is 11.3. The molecule has 0 saturated carbocycles. The molecule has 1 rings (SSSR count). The standard InChI is InChI=1S/C13H15ClO5/c1-17-12(15)6-3-7-18-11-5-2-4-10(8-11)9-19-13(14)16/h2,4-5,8H,3,6-7,9H2,1H3. The van der Waals surface area contributed by atoms with Crippen LogP contribution in [0.25, 0.3) is 0 Å². The van der Waals surface area contributed by atoms with Crippen LogP contribution in [0.1, 0.15) is 18.4 Å². The largest absolute Gasteiger partial charge is 0.494 e. The number of hydrogen-bond donors (Lipinski definition) is 0. The number of benzene rings is 1. The molecule has 19 heavy (non-hydrogen) atoms. The minimum Gasteiger partial charge on any atom is -0.494 e. The van der Waals surface area contributed by atoms with Gasteiger partial charge in [0.05, 0.1) is 13.7 Å². The molecule has 0 heterocycles. The average Bonchev–Trinajstić information content (AvgIpc) is 2.41. The normalized spacial score (nSPS) is 9.79. The molecule has 0 aliphatic rings. The van der Waals surface area contributed by atoms with Crippen molar-refractivity contribution in [3.63, 3.8) is 0 Å². The van der Waals surface area contributed by atoms with Gasteiger partial charge in [-0.1, -0.05) is 12.1 Å². The summed E-state index contributed by atoms with van der Waals surface area (Å²) in [7, 11) is 1.35. The Hall–Kier alpha value is -1.75. The first-order valence-corrected chi connectivity index (χ1v) is 6.10. The lowest BCUT2D eigenvalue weighted by Crippen LogP contribution is -2.04. The number of carbonyl (C=O) groups excluding carboxylic acids is 2. The van der Waals surface area contributed by atoms with E-state index in [0.717, 1.165) is 5.56 Å².